The number of nitrogens with one attached hydrogen (secondary N) is 1. The normalized spacial score (nSPS) is 12.1. The van der Waals surface area contributed by atoms with Gasteiger partial charge in [0.05, 0.1) is 6.61 Å². The van der Waals surface area contributed by atoms with E-state index in [1.165, 1.54) is 0 Å². The summed E-state index contributed by atoms with van der Waals surface area (Å²) in [7, 11) is 1.63. The Balaban J connectivity index is 2.79. The van der Waals surface area contributed by atoms with Gasteiger partial charge in [0.1, 0.15) is 6.04 Å². The zero-order chi connectivity index (χ0) is 11.3. The van der Waals surface area contributed by atoms with Gasteiger partial charge in [0, 0.05) is 18.4 Å². The van der Waals surface area contributed by atoms with Crippen molar-refractivity contribution >= 4 is 11.6 Å². The topological polar surface area (TPSA) is 64.3 Å². The van der Waals surface area contributed by atoms with Crippen LogP contribution in [0.5, 0.6) is 0 Å². The Labute approximate surface area is 89.4 Å². The van der Waals surface area contributed by atoms with Gasteiger partial charge in [0.15, 0.2) is 0 Å². The zero-order valence-electron chi connectivity index (χ0n) is 8.99. The summed E-state index contributed by atoms with van der Waals surface area (Å²) < 4.78 is 5.05. The second kappa shape index (κ2) is 5.36. The van der Waals surface area contributed by atoms with Crippen LogP contribution in [-0.2, 0) is 16.1 Å². The van der Waals surface area contributed by atoms with Gasteiger partial charge in [0.2, 0.25) is 5.91 Å². The van der Waals surface area contributed by atoms with Crippen LogP contribution in [0, 0.1) is 0 Å². The van der Waals surface area contributed by atoms with E-state index >= 15 is 0 Å². The van der Waals surface area contributed by atoms with Crippen LogP contribution < -0.4 is 11.1 Å². The number of carbonyl (C=O) groups excluding carboxylic acids is 1. The maximum Gasteiger partial charge on any atom is 0.239 e. The highest BCUT2D eigenvalue weighted by atomic mass is 16.5. The molecule has 4 nitrogen and oxygen atoms in total. The molecule has 0 bridgehead atoms. The maximum atomic E-state index is 10.9. The lowest BCUT2D eigenvalue weighted by Crippen LogP contribution is -2.32. The van der Waals surface area contributed by atoms with Gasteiger partial charge in [-0.15, -0.1) is 0 Å². The molecule has 0 radical (unpaired) electrons. The summed E-state index contributed by atoms with van der Waals surface area (Å²) in [5.74, 6) is -0.373. The van der Waals surface area contributed by atoms with Gasteiger partial charge < -0.3 is 15.8 Å². The van der Waals surface area contributed by atoms with Crippen LogP contribution in [0.25, 0.3) is 0 Å². The molecular weight excluding hydrogens is 192 g/mol. The molecule has 0 saturated heterocycles. The molecule has 1 aromatic carbocycles. The molecular formula is C11H16N2O2. The Kier molecular flexibility index (Phi) is 4.12. The Morgan fingerprint density at radius 3 is 2.80 bits per heavy atom. The number of hydrogen-bond acceptors (Lipinski definition) is 3. The highest BCUT2D eigenvalue weighted by Crippen LogP contribution is 2.16. The molecule has 1 atom stereocenters. The number of hydrogen-bond donors (Lipinski definition) is 2. The zero-order valence-corrected chi connectivity index (χ0v) is 8.99. The number of ether oxygens (including phenoxy) is 1. The fourth-order valence-electron chi connectivity index (χ4n) is 1.25. The fraction of sp³-hybridized carbons (Fsp3) is 0.364. The number of methoxy groups -OCH3 is 1. The largest absolute Gasteiger partial charge is 0.380 e. The molecule has 1 unspecified atom stereocenters. The minimum absolute atomic E-state index is 0.373. The molecule has 0 saturated carbocycles. The average molecular weight is 208 g/mol. The molecule has 0 fully saturated rings. The lowest BCUT2D eigenvalue weighted by atomic mass is 10.1. The molecule has 15 heavy (non-hydrogen) atoms. The number of primary amides is 1. The number of nitrogens with two attached hydrogens (primary N) is 1. The van der Waals surface area contributed by atoms with Crippen LogP contribution in [-0.4, -0.2) is 19.1 Å². The second-order valence-electron chi connectivity index (χ2n) is 3.36. The SMILES string of the molecule is COCc1ccccc1NC(C)C(N)=O. The van der Waals surface area contributed by atoms with Gasteiger partial charge in [-0.05, 0) is 13.0 Å². The molecule has 0 aliphatic rings. The molecule has 0 spiro atoms. The molecule has 0 aromatic heterocycles. The van der Waals surface area contributed by atoms with E-state index in [-0.39, 0.29) is 11.9 Å². The summed E-state index contributed by atoms with van der Waals surface area (Å²) in [5, 5.41) is 3.04. The monoisotopic (exact) mass is 208 g/mol. The summed E-state index contributed by atoms with van der Waals surface area (Å²) in [6, 6.07) is 7.28. The molecule has 3 N–H and O–H groups in total. The number of amides is 1. The predicted molar refractivity (Wildman–Crippen MR) is 59.4 cm³/mol. The molecule has 0 heterocycles. The van der Waals surface area contributed by atoms with E-state index in [4.69, 9.17) is 10.5 Å². The average Bonchev–Trinajstić information content (AvgIpc) is 2.21. The Morgan fingerprint density at radius 1 is 1.53 bits per heavy atom. The fourth-order valence-corrected chi connectivity index (χ4v) is 1.25. The quantitative estimate of drug-likeness (QED) is 0.762. The first-order valence-electron chi connectivity index (χ1n) is 4.78. The lowest BCUT2D eigenvalue weighted by Gasteiger charge is -2.15. The van der Waals surface area contributed by atoms with Crippen LogP contribution in [0.15, 0.2) is 24.3 Å². The third kappa shape index (κ3) is 3.25. The van der Waals surface area contributed by atoms with Gasteiger partial charge in [0.25, 0.3) is 0 Å². The van der Waals surface area contributed by atoms with Gasteiger partial charge in [-0.1, -0.05) is 18.2 Å². The Morgan fingerprint density at radius 2 is 2.20 bits per heavy atom. The predicted octanol–water partition coefficient (Wildman–Crippen LogP) is 1.12. The third-order valence-corrected chi connectivity index (χ3v) is 2.12. The number of benzene rings is 1. The third-order valence-electron chi connectivity index (χ3n) is 2.12. The van der Waals surface area contributed by atoms with E-state index in [2.05, 4.69) is 5.32 Å². The smallest absolute Gasteiger partial charge is 0.239 e. The van der Waals surface area contributed by atoms with Crippen LogP contribution >= 0.6 is 0 Å². The Bertz CT molecular complexity index is 339. The highest BCUT2D eigenvalue weighted by molar-refractivity contribution is 5.82. The van der Waals surface area contributed by atoms with Crippen molar-refractivity contribution in [2.24, 2.45) is 5.73 Å². The number of anilines is 1. The molecule has 0 aliphatic carbocycles. The van der Waals surface area contributed by atoms with Crippen LogP contribution in [0.2, 0.25) is 0 Å². The van der Waals surface area contributed by atoms with Crippen molar-refractivity contribution in [1.82, 2.24) is 0 Å². The second-order valence-corrected chi connectivity index (χ2v) is 3.36. The number of carbonyl (C=O) groups is 1. The van der Waals surface area contributed by atoms with E-state index < -0.39 is 0 Å². The number of para-hydroxylation sites is 1. The van der Waals surface area contributed by atoms with Crippen LogP contribution in [0.1, 0.15) is 12.5 Å². The Hall–Kier alpha value is -1.55. The van der Waals surface area contributed by atoms with Crippen LogP contribution in [0.4, 0.5) is 5.69 Å². The van der Waals surface area contributed by atoms with Crippen molar-refractivity contribution in [3.8, 4) is 0 Å². The van der Waals surface area contributed by atoms with Gasteiger partial charge in [-0.2, -0.15) is 0 Å². The van der Waals surface area contributed by atoms with Gasteiger partial charge in [-0.3, -0.25) is 4.79 Å². The van der Waals surface area contributed by atoms with Crippen molar-refractivity contribution < 1.29 is 9.53 Å². The maximum absolute atomic E-state index is 10.9. The first-order valence-corrected chi connectivity index (χ1v) is 4.78. The van der Waals surface area contributed by atoms with Crippen molar-refractivity contribution in [3.05, 3.63) is 29.8 Å². The minimum atomic E-state index is -0.386. The molecule has 0 aliphatic heterocycles. The number of rotatable bonds is 5. The first kappa shape index (κ1) is 11.5. The standard InChI is InChI=1S/C11H16N2O2/c1-8(11(12)14)13-10-6-4-3-5-9(10)7-15-2/h3-6,8,13H,7H2,1-2H3,(H2,12,14). The molecule has 1 amide bonds. The van der Waals surface area contributed by atoms with Crippen LogP contribution in [0.3, 0.4) is 0 Å². The van der Waals surface area contributed by atoms with E-state index in [1.54, 1.807) is 14.0 Å². The minimum Gasteiger partial charge on any atom is -0.380 e. The van der Waals surface area contributed by atoms with Crippen molar-refractivity contribution in [2.75, 3.05) is 12.4 Å². The first-order chi connectivity index (χ1) is 7.15. The molecule has 4 heteroatoms. The van der Waals surface area contributed by atoms with E-state index in [1.807, 2.05) is 24.3 Å². The lowest BCUT2D eigenvalue weighted by molar-refractivity contribution is -0.118. The molecule has 82 valence electrons. The highest BCUT2D eigenvalue weighted by Gasteiger charge is 2.09. The summed E-state index contributed by atoms with van der Waals surface area (Å²) >= 11 is 0. The van der Waals surface area contributed by atoms with Gasteiger partial charge in [-0.25, -0.2) is 0 Å². The summed E-state index contributed by atoms with van der Waals surface area (Å²) in [4.78, 5) is 10.9. The summed E-state index contributed by atoms with van der Waals surface area (Å²) in [6.45, 7) is 2.24. The van der Waals surface area contributed by atoms with Gasteiger partial charge >= 0.3 is 0 Å². The van der Waals surface area contributed by atoms with E-state index in [9.17, 15) is 4.79 Å². The van der Waals surface area contributed by atoms with Crippen molar-refractivity contribution in [2.45, 2.75) is 19.6 Å². The summed E-state index contributed by atoms with van der Waals surface area (Å²) in [6.07, 6.45) is 0. The van der Waals surface area contributed by atoms with E-state index in [0.29, 0.717) is 6.61 Å². The summed E-state index contributed by atoms with van der Waals surface area (Å²) in [5.41, 5.74) is 7.06. The molecule has 1 rings (SSSR count). The van der Waals surface area contributed by atoms with E-state index in [0.717, 1.165) is 11.3 Å². The van der Waals surface area contributed by atoms with Crippen molar-refractivity contribution in [1.29, 1.82) is 0 Å². The molecule has 1 aromatic rings. The van der Waals surface area contributed by atoms with Crippen molar-refractivity contribution in [3.63, 3.8) is 0 Å².